The predicted octanol–water partition coefficient (Wildman–Crippen LogP) is 0.660. The highest BCUT2D eigenvalue weighted by Crippen LogP contribution is 2.17. The maximum absolute atomic E-state index is 12.3. The third-order valence-corrected chi connectivity index (χ3v) is 4.37. The van der Waals surface area contributed by atoms with Crippen LogP contribution in [0.25, 0.3) is 0 Å². The van der Waals surface area contributed by atoms with E-state index in [0.29, 0.717) is 23.7 Å². The number of hydrogen-bond acceptors (Lipinski definition) is 8. The third-order valence-electron chi connectivity index (χ3n) is 3.09. The zero-order valence-electron chi connectivity index (χ0n) is 10.3. The second-order valence-electron chi connectivity index (χ2n) is 4.23. The van der Waals surface area contributed by atoms with E-state index in [2.05, 4.69) is 23.2 Å². The van der Waals surface area contributed by atoms with Crippen molar-refractivity contribution in [2.45, 2.75) is 6.92 Å². The minimum atomic E-state index is 0.0311. The lowest BCUT2D eigenvalue weighted by Crippen LogP contribution is -2.48. The van der Waals surface area contributed by atoms with E-state index in [0.717, 1.165) is 30.4 Å². The van der Waals surface area contributed by atoms with Crippen molar-refractivity contribution >= 4 is 35.0 Å². The Labute approximate surface area is 118 Å². The molecule has 7 nitrogen and oxygen atoms in total. The fourth-order valence-corrected chi connectivity index (χ4v) is 3.07. The van der Waals surface area contributed by atoms with Gasteiger partial charge in [0.15, 0.2) is 5.82 Å². The summed E-state index contributed by atoms with van der Waals surface area (Å²) < 4.78 is 12.0. The van der Waals surface area contributed by atoms with Crippen molar-refractivity contribution in [3.05, 3.63) is 16.8 Å². The molecule has 0 bridgehead atoms. The lowest BCUT2D eigenvalue weighted by atomic mass is 10.3. The van der Waals surface area contributed by atoms with E-state index in [1.165, 1.54) is 11.7 Å². The van der Waals surface area contributed by atoms with Gasteiger partial charge in [-0.05, 0) is 18.5 Å². The molecule has 100 valence electrons. The van der Waals surface area contributed by atoms with Crippen molar-refractivity contribution in [1.29, 1.82) is 0 Å². The molecule has 2 aromatic rings. The maximum atomic E-state index is 12.3. The van der Waals surface area contributed by atoms with E-state index < -0.39 is 0 Å². The second kappa shape index (κ2) is 5.17. The molecule has 3 rings (SSSR count). The Morgan fingerprint density at radius 3 is 2.68 bits per heavy atom. The topological polar surface area (TPSA) is 75.1 Å². The number of nitrogens with zero attached hydrogens (tertiary/aromatic N) is 6. The Bertz CT molecular complexity index is 560. The molecule has 1 amide bonds. The Morgan fingerprint density at radius 1 is 1.32 bits per heavy atom. The van der Waals surface area contributed by atoms with Crippen LogP contribution < -0.4 is 4.90 Å². The molecule has 1 aliphatic heterocycles. The number of anilines is 1. The van der Waals surface area contributed by atoms with E-state index in [-0.39, 0.29) is 5.91 Å². The number of aryl methyl sites for hydroxylation is 1. The largest absolute Gasteiger partial charge is 0.351 e. The summed E-state index contributed by atoms with van der Waals surface area (Å²) >= 11 is 2.37. The van der Waals surface area contributed by atoms with Gasteiger partial charge in [-0.15, -0.1) is 5.10 Å². The monoisotopic (exact) mass is 296 g/mol. The smallest absolute Gasteiger partial charge is 0.267 e. The zero-order chi connectivity index (χ0) is 13.2. The molecule has 1 saturated heterocycles. The van der Waals surface area contributed by atoms with Gasteiger partial charge in [0, 0.05) is 26.2 Å². The summed E-state index contributed by atoms with van der Waals surface area (Å²) in [7, 11) is 0. The molecule has 0 N–H and O–H groups in total. The molecule has 0 radical (unpaired) electrons. The van der Waals surface area contributed by atoms with Gasteiger partial charge in [0.1, 0.15) is 4.88 Å². The second-order valence-corrected chi connectivity index (χ2v) is 5.54. The van der Waals surface area contributed by atoms with Gasteiger partial charge in [-0.25, -0.2) is 0 Å². The number of amides is 1. The molecule has 9 heteroatoms. The first kappa shape index (κ1) is 12.4. The van der Waals surface area contributed by atoms with Gasteiger partial charge in [-0.3, -0.25) is 4.79 Å². The molecule has 0 unspecified atom stereocenters. The highest BCUT2D eigenvalue weighted by molar-refractivity contribution is 7.07. The first-order valence-electron chi connectivity index (χ1n) is 5.86. The number of carbonyl (C=O) groups excluding carboxylic acids is 1. The van der Waals surface area contributed by atoms with Gasteiger partial charge < -0.3 is 9.80 Å². The van der Waals surface area contributed by atoms with Crippen LogP contribution in [-0.4, -0.2) is 55.3 Å². The van der Waals surface area contributed by atoms with Crippen LogP contribution in [0.5, 0.6) is 0 Å². The summed E-state index contributed by atoms with van der Waals surface area (Å²) in [5.41, 5.74) is 0.709. The predicted molar refractivity (Wildman–Crippen MR) is 72.7 cm³/mol. The first-order chi connectivity index (χ1) is 9.25. The van der Waals surface area contributed by atoms with E-state index in [1.54, 1.807) is 6.20 Å². The molecule has 0 atom stereocenters. The van der Waals surface area contributed by atoms with Gasteiger partial charge in [0.05, 0.1) is 23.6 Å². The molecule has 0 aliphatic carbocycles. The van der Waals surface area contributed by atoms with Crippen LogP contribution in [0.15, 0.2) is 6.20 Å². The summed E-state index contributed by atoms with van der Waals surface area (Å²) in [6, 6.07) is 0. The van der Waals surface area contributed by atoms with Gasteiger partial charge in [0.2, 0.25) is 0 Å². The fraction of sp³-hybridized carbons (Fsp3) is 0.500. The first-order valence-corrected chi connectivity index (χ1v) is 7.37. The number of hydrogen-bond donors (Lipinski definition) is 0. The van der Waals surface area contributed by atoms with Gasteiger partial charge in [-0.2, -0.15) is 8.75 Å². The summed E-state index contributed by atoms with van der Waals surface area (Å²) in [5, 5.41) is 3.88. The molecule has 0 spiro atoms. The van der Waals surface area contributed by atoms with Crippen molar-refractivity contribution in [3.63, 3.8) is 0 Å². The maximum Gasteiger partial charge on any atom is 0.267 e. The molecule has 0 saturated carbocycles. The molecular formula is C10H12N6OS2. The summed E-state index contributed by atoms with van der Waals surface area (Å²) in [6.45, 7) is 4.75. The van der Waals surface area contributed by atoms with Crippen LogP contribution >= 0.6 is 23.3 Å². The summed E-state index contributed by atoms with van der Waals surface area (Å²) in [4.78, 5) is 16.9. The fourth-order valence-electron chi connectivity index (χ4n) is 2.01. The number of aromatic nitrogens is 4. The molecule has 0 aromatic carbocycles. The van der Waals surface area contributed by atoms with Crippen LogP contribution in [0.3, 0.4) is 0 Å². The Balaban J connectivity index is 1.64. The number of rotatable bonds is 2. The highest BCUT2D eigenvalue weighted by atomic mass is 32.1. The van der Waals surface area contributed by atoms with Gasteiger partial charge in [-0.1, -0.05) is 4.49 Å². The van der Waals surface area contributed by atoms with Crippen LogP contribution in [0.1, 0.15) is 15.4 Å². The summed E-state index contributed by atoms with van der Waals surface area (Å²) in [5.74, 6) is 0.927. The molecule has 19 heavy (non-hydrogen) atoms. The third kappa shape index (κ3) is 2.43. The standard InChI is InChI=1S/C10H12N6OS2/c1-7-9(18-14-12-7)10(17)16-4-2-15(3-5-16)8-6-11-19-13-8/h6H,2-5H2,1H3. The van der Waals surface area contributed by atoms with Crippen LogP contribution in [-0.2, 0) is 0 Å². The lowest BCUT2D eigenvalue weighted by Gasteiger charge is -2.34. The molecule has 1 aliphatic rings. The van der Waals surface area contributed by atoms with Crippen LogP contribution in [0.4, 0.5) is 5.82 Å². The zero-order valence-corrected chi connectivity index (χ0v) is 11.9. The summed E-state index contributed by atoms with van der Waals surface area (Å²) in [6.07, 6.45) is 1.76. The molecule has 1 fully saturated rings. The highest BCUT2D eigenvalue weighted by Gasteiger charge is 2.25. The number of piperazine rings is 1. The van der Waals surface area contributed by atoms with Crippen molar-refractivity contribution in [2.24, 2.45) is 0 Å². The van der Waals surface area contributed by atoms with E-state index in [4.69, 9.17) is 0 Å². The van der Waals surface area contributed by atoms with Crippen molar-refractivity contribution < 1.29 is 4.79 Å². The Morgan fingerprint density at radius 2 is 2.11 bits per heavy atom. The van der Waals surface area contributed by atoms with E-state index >= 15 is 0 Å². The van der Waals surface area contributed by atoms with Crippen LogP contribution in [0.2, 0.25) is 0 Å². The van der Waals surface area contributed by atoms with E-state index in [9.17, 15) is 4.79 Å². The van der Waals surface area contributed by atoms with Gasteiger partial charge in [0.25, 0.3) is 5.91 Å². The quantitative estimate of drug-likeness (QED) is 0.810. The van der Waals surface area contributed by atoms with E-state index in [1.807, 2.05) is 11.8 Å². The minimum Gasteiger partial charge on any atom is -0.351 e. The molecular weight excluding hydrogens is 284 g/mol. The van der Waals surface area contributed by atoms with Gasteiger partial charge >= 0.3 is 0 Å². The van der Waals surface area contributed by atoms with Crippen LogP contribution in [0, 0.1) is 6.92 Å². The average molecular weight is 296 g/mol. The van der Waals surface area contributed by atoms with Crippen molar-refractivity contribution in [1.82, 2.24) is 23.2 Å². The Kier molecular flexibility index (Phi) is 3.38. The Hall–Kier alpha value is -1.61. The average Bonchev–Trinajstić information content (AvgIpc) is 3.09. The lowest BCUT2D eigenvalue weighted by molar-refractivity contribution is 0.0750. The van der Waals surface area contributed by atoms with Crippen molar-refractivity contribution in [3.8, 4) is 0 Å². The number of carbonyl (C=O) groups is 1. The SMILES string of the molecule is Cc1nnsc1C(=O)N1CCN(c2cnsn2)CC1. The molecule has 2 aromatic heterocycles. The normalized spacial score (nSPS) is 15.8. The minimum absolute atomic E-state index is 0.0311. The molecule has 3 heterocycles. The van der Waals surface area contributed by atoms with Crippen molar-refractivity contribution in [2.75, 3.05) is 31.1 Å².